The molecular weight excluding hydrogens is 407 g/mol. The van der Waals surface area contributed by atoms with Crippen LogP contribution in [0.5, 0.6) is 5.75 Å². The van der Waals surface area contributed by atoms with Crippen molar-refractivity contribution in [1.29, 1.82) is 5.26 Å². The van der Waals surface area contributed by atoms with E-state index in [9.17, 15) is 15.2 Å². The smallest absolute Gasteiger partial charge is 0.492 e. The number of amides is 1. The normalized spacial score (nSPS) is 17.0. The fraction of sp³-hybridized carbons (Fsp3) is 0.333. The summed E-state index contributed by atoms with van der Waals surface area (Å²) in [5.41, 5.74) is 1.24. The highest BCUT2D eigenvalue weighted by atomic mass is 16.7. The van der Waals surface area contributed by atoms with E-state index in [0.29, 0.717) is 11.0 Å². The molecular formula is C24H27BN2O5. The monoisotopic (exact) mass is 434 g/mol. The number of carbonyl (C=O) groups is 1. The summed E-state index contributed by atoms with van der Waals surface area (Å²) < 4.78 is 17.6. The number of aromatic hydroxyl groups is 1. The summed E-state index contributed by atoms with van der Waals surface area (Å²) in [5, 5.41) is 21.7. The lowest BCUT2D eigenvalue weighted by atomic mass is 9.77. The van der Waals surface area contributed by atoms with E-state index in [1.165, 1.54) is 6.07 Å². The lowest BCUT2D eigenvalue weighted by Crippen LogP contribution is -2.41. The first-order valence-corrected chi connectivity index (χ1v) is 10.3. The molecule has 32 heavy (non-hydrogen) atoms. The third-order valence-corrected chi connectivity index (χ3v) is 5.70. The molecule has 0 aromatic heterocycles. The molecule has 1 aliphatic heterocycles. The zero-order valence-electron chi connectivity index (χ0n) is 18.7. The third-order valence-electron chi connectivity index (χ3n) is 5.70. The molecule has 3 rings (SSSR count). The van der Waals surface area contributed by atoms with Crippen LogP contribution < -0.4 is 5.32 Å². The number of benzene rings is 2. The highest BCUT2D eigenvalue weighted by Gasteiger charge is 2.52. The maximum absolute atomic E-state index is 12.3. The van der Waals surface area contributed by atoms with Crippen molar-refractivity contribution in [2.75, 3.05) is 6.54 Å². The summed E-state index contributed by atoms with van der Waals surface area (Å²) in [7, 11) is -0.700. The van der Waals surface area contributed by atoms with Crippen LogP contribution in [-0.4, -0.2) is 36.1 Å². The summed E-state index contributed by atoms with van der Waals surface area (Å²) in [5.74, 6) is -0.0931. The van der Waals surface area contributed by atoms with Crippen molar-refractivity contribution in [2.24, 2.45) is 0 Å². The van der Waals surface area contributed by atoms with Gasteiger partial charge in [0.25, 0.3) is 0 Å². The molecule has 1 aliphatic rings. The van der Waals surface area contributed by atoms with Gasteiger partial charge in [0.1, 0.15) is 18.4 Å². The molecule has 7 nitrogen and oxygen atoms in total. The number of phenols is 1. The predicted molar refractivity (Wildman–Crippen MR) is 122 cm³/mol. The zero-order chi connectivity index (χ0) is 23.4. The fourth-order valence-corrected chi connectivity index (χ4v) is 3.09. The molecule has 0 saturated carbocycles. The molecule has 1 heterocycles. The van der Waals surface area contributed by atoms with E-state index in [1.807, 2.05) is 64.1 Å². The Morgan fingerprint density at radius 2 is 1.81 bits per heavy atom. The van der Waals surface area contributed by atoms with E-state index in [4.69, 9.17) is 14.0 Å². The molecule has 0 unspecified atom stereocenters. The van der Waals surface area contributed by atoms with E-state index in [0.717, 1.165) is 5.56 Å². The summed E-state index contributed by atoms with van der Waals surface area (Å²) in [6.45, 7) is 8.06. The zero-order valence-corrected chi connectivity index (χ0v) is 18.7. The Bertz CT molecular complexity index is 1030. The van der Waals surface area contributed by atoms with Crippen LogP contribution in [0.1, 0.15) is 44.4 Å². The highest BCUT2D eigenvalue weighted by molar-refractivity contribution is 6.56. The van der Waals surface area contributed by atoms with Crippen LogP contribution in [-0.2, 0) is 20.7 Å². The Morgan fingerprint density at radius 1 is 1.16 bits per heavy atom. The second-order valence-electron chi connectivity index (χ2n) is 8.61. The second kappa shape index (κ2) is 9.47. The summed E-state index contributed by atoms with van der Waals surface area (Å²) in [4.78, 5) is 12.3. The first-order chi connectivity index (χ1) is 15.1. The van der Waals surface area contributed by atoms with E-state index in [-0.39, 0.29) is 24.5 Å². The van der Waals surface area contributed by atoms with Crippen LogP contribution in [0.15, 0.2) is 54.0 Å². The van der Waals surface area contributed by atoms with Crippen molar-refractivity contribution in [1.82, 2.24) is 5.32 Å². The number of nitriles is 1. The Hall–Kier alpha value is -3.28. The fourth-order valence-electron chi connectivity index (χ4n) is 3.09. The summed E-state index contributed by atoms with van der Waals surface area (Å²) in [6.07, 6.45) is 1.21. The molecule has 166 valence electrons. The molecule has 0 radical (unpaired) electrons. The Kier molecular flexibility index (Phi) is 6.92. The van der Waals surface area contributed by atoms with Crippen molar-refractivity contribution >= 4 is 19.3 Å². The molecule has 2 N–H and O–H groups in total. The van der Waals surface area contributed by atoms with Gasteiger partial charge in [-0.1, -0.05) is 42.5 Å². The van der Waals surface area contributed by atoms with Gasteiger partial charge in [0.15, 0.2) is 0 Å². The Balaban J connectivity index is 1.77. The highest BCUT2D eigenvalue weighted by Crippen LogP contribution is 2.38. The molecule has 0 spiro atoms. The number of rotatable bonds is 6. The summed E-state index contributed by atoms with van der Waals surface area (Å²) >= 11 is 0. The minimum absolute atomic E-state index is 0.0931. The third kappa shape index (κ3) is 5.50. The van der Waals surface area contributed by atoms with Crippen molar-refractivity contribution in [3.8, 4) is 11.8 Å². The maximum atomic E-state index is 12.3. The van der Waals surface area contributed by atoms with Gasteiger partial charge in [-0.05, 0) is 56.4 Å². The van der Waals surface area contributed by atoms with Crippen molar-refractivity contribution in [2.45, 2.75) is 45.5 Å². The van der Waals surface area contributed by atoms with Gasteiger partial charge < -0.3 is 24.5 Å². The lowest BCUT2D eigenvalue weighted by Gasteiger charge is -2.32. The quantitative estimate of drug-likeness (QED) is 0.661. The standard InChI is InChI=1S/C24H27BN2O5/c1-23(2)24(3,4)32-25(31-23)20(13-18-10-11-21(28)19(12-18)14-26)15-27-22(29)30-16-17-8-6-5-7-9-17/h5-13,28H,15-16H2,1-4H3,(H,27,29). The minimum atomic E-state index is -0.700. The predicted octanol–water partition coefficient (Wildman–Crippen LogP) is 4.21. The van der Waals surface area contributed by atoms with Crippen LogP contribution in [0.2, 0.25) is 0 Å². The summed E-state index contributed by atoms with van der Waals surface area (Å²) in [6, 6.07) is 16.0. The molecule has 1 saturated heterocycles. The van der Waals surface area contributed by atoms with E-state index in [1.54, 1.807) is 18.2 Å². The first-order valence-electron chi connectivity index (χ1n) is 10.3. The molecule has 8 heteroatoms. The average Bonchev–Trinajstić information content (AvgIpc) is 2.98. The van der Waals surface area contributed by atoms with Crippen molar-refractivity contribution < 1.29 is 23.9 Å². The van der Waals surface area contributed by atoms with Gasteiger partial charge in [0.2, 0.25) is 0 Å². The van der Waals surface area contributed by atoms with Gasteiger partial charge in [0.05, 0.1) is 16.8 Å². The van der Waals surface area contributed by atoms with Gasteiger partial charge in [-0.15, -0.1) is 0 Å². The van der Waals surface area contributed by atoms with Gasteiger partial charge in [-0.2, -0.15) is 5.26 Å². The van der Waals surface area contributed by atoms with Gasteiger partial charge in [0, 0.05) is 6.54 Å². The molecule has 2 aromatic carbocycles. The maximum Gasteiger partial charge on any atom is 0.492 e. The Labute approximate surface area is 188 Å². The van der Waals surface area contributed by atoms with Crippen LogP contribution in [0.25, 0.3) is 6.08 Å². The largest absolute Gasteiger partial charge is 0.507 e. The number of hydrogen-bond donors (Lipinski definition) is 2. The van der Waals surface area contributed by atoms with Gasteiger partial charge >= 0.3 is 13.2 Å². The molecule has 0 aliphatic carbocycles. The number of ether oxygens (including phenoxy) is 1. The van der Waals surface area contributed by atoms with Crippen LogP contribution in [0.4, 0.5) is 4.79 Å². The SMILES string of the molecule is CC1(C)OB(C(=Cc2ccc(O)c(C#N)c2)CNC(=O)OCc2ccccc2)OC1(C)C. The first kappa shape index (κ1) is 23.4. The van der Waals surface area contributed by atoms with Gasteiger partial charge in [-0.3, -0.25) is 0 Å². The molecule has 0 bridgehead atoms. The molecule has 0 atom stereocenters. The molecule has 1 amide bonds. The van der Waals surface area contributed by atoms with Crippen molar-refractivity contribution in [3.05, 3.63) is 70.7 Å². The van der Waals surface area contributed by atoms with E-state index in [2.05, 4.69) is 5.32 Å². The van der Waals surface area contributed by atoms with Crippen LogP contribution in [0, 0.1) is 11.3 Å². The topological polar surface area (TPSA) is 101 Å². The van der Waals surface area contributed by atoms with Crippen LogP contribution in [0.3, 0.4) is 0 Å². The number of hydrogen-bond acceptors (Lipinski definition) is 6. The molecule has 1 fully saturated rings. The Morgan fingerprint density at radius 3 is 2.44 bits per heavy atom. The minimum Gasteiger partial charge on any atom is -0.507 e. The number of carbonyl (C=O) groups excluding carboxylic acids is 1. The van der Waals surface area contributed by atoms with Crippen LogP contribution >= 0.6 is 0 Å². The number of phenolic OH excluding ortho intramolecular Hbond substituents is 1. The number of alkyl carbamates (subject to hydrolysis) is 1. The lowest BCUT2D eigenvalue weighted by molar-refractivity contribution is 0.00578. The average molecular weight is 434 g/mol. The van der Waals surface area contributed by atoms with Crippen molar-refractivity contribution in [3.63, 3.8) is 0 Å². The van der Waals surface area contributed by atoms with E-state index < -0.39 is 24.4 Å². The number of nitrogens with one attached hydrogen (secondary N) is 1. The second-order valence-corrected chi connectivity index (χ2v) is 8.61. The van der Waals surface area contributed by atoms with Gasteiger partial charge in [-0.25, -0.2) is 4.79 Å². The molecule has 2 aromatic rings. The number of nitrogens with zero attached hydrogens (tertiary/aromatic N) is 1. The van der Waals surface area contributed by atoms with E-state index >= 15 is 0 Å².